The van der Waals surface area contributed by atoms with Gasteiger partial charge in [0.1, 0.15) is 0 Å². The summed E-state index contributed by atoms with van der Waals surface area (Å²) in [5.41, 5.74) is 7.25. The van der Waals surface area contributed by atoms with E-state index in [4.69, 9.17) is 10.5 Å². The summed E-state index contributed by atoms with van der Waals surface area (Å²) >= 11 is 0. The van der Waals surface area contributed by atoms with E-state index in [0.29, 0.717) is 24.3 Å². The average Bonchev–Trinajstić information content (AvgIpc) is 2.66. The Bertz CT molecular complexity index is 775. The van der Waals surface area contributed by atoms with Gasteiger partial charge in [-0.05, 0) is 43.0 Å². The number of primary amides is 1. The largest absolute Gasteiger partial charge is 0.466 e. The minimum atomic E-state index is -0.555. The van der Waals surface area contributed by atoms with Gasteiger partial charge < -0.3 is 15.8 Å². The third kappa shape index (κ3) is 7.73. The molecule has 0 heterocycles. The normalized spacial score (nSPS) is 10.2. The van der Waals surface area contributed by atoms with Crippen LogP contribution in [0.3, 0.4) is 0 Å². The SMILES string of the molecule is NC(=O)c1cccc(NC(=O)CCCC(=O)OCCCc2ccccc2)c1. The number of carbonyl (C=O) groups is 3. The van der Waals surface area contributed by atoms with Crippen molar-refractivity contribution < 1.29 is 19.1 Å². The Hall–Kier alpha value is -3.15. The van der Waals surface area contributed by atoms with Crippen LogP contribution in [0.25, 0.3) is 0 Å². The Balaban J connectivity index is 1.59. The van der Waals surface area contributed by atoms with Crippen molar-refractivity contribution in [2.45, 2.75) is 32.1 Å². The number of anilines is 1. The number of nitrogens with two attached hydrogens (primary N) is 1. The van der Waals surface area contributed by atoms with Crippen LogP contribution in [0.2, 0.25) is 0 Å². The Morgan fingerprint density at radius 3 is 2.44 bits per heavy atom. The maximum atomic E-state index is 11.9. The zero-order valence-electron chi connectivity index (χ0n) is 15.1. The van der Waals surface area contributed by atoms with Gasteiger partial charge in [-0.2, -0.15) is 0 Å². The fourth-order valence-corrected chi connectivity index (χ4v) is 2.55. The van der Waals surface area contributed by atoms with E-state index in [-0.39, 0.29) is 24.7 Å². The zero-order valence-corrected chi connectivity index (χ0v) is 15.1. The summed E-state index contributed by atoms with van der Waals surface area (Å²) in [7, 11) is 0. The molecule has 2 aromatic rings. The molecule has 0 aliphatic heterocycles. The second-order valence-corrected chi connectivity index (χ2v) is 6.16. The number of aryl methyl sites for hydroxylation is 1. The molecule has 0 saturated heterocycles. The molecule has 0 spiro atoms. The van der Waals surface area contributed by atoms with Crippen LogP contribution < -0.4 is 11.1 Å². The lowest BCUT2D eigenvalue weighted by Crippen LogP contribution is -2.14. The summed E-state index contributed by atoms with van der Waals surface area (Å²) in [5, 5.41) is 2.68. The lowest BCUT2D eigenvalue weighted by Gasteiger charge is -2.07. The van der Waals surface area contributed by atoms with Crippen molar-refractivity contribution in [3.63, 3.8) is 0 Å². The van der Waals surface area contributed by atoms with Crippen molar-refractivity contribution in [3.05, 3.63) is 65.7 Å². The van der Waals surface area contributed by atoms with Gasteiger partial charge >= 0.3 is 5.97 Å². The first-order valence-corrected chi connectivity index (χ1v) is 8.94. The molecule has 0 bridgehead atoms. The highest BCUT2D eigenvalue weighted by Gasteiger charge is 2.08. The first kappa shape index (κ1) is 20.2. The van der Waals surface area contributed by atoms with Crippen LogP contribution in [0.4, 0.5) is 5.69 Å². The number of rotatable bonds is 10. The van der Waals surface area contributed by atoms with E-state index in [9.17, 15) is 14.4 Å². The quantitative estimate of drug-likeness (QED) is 0.497. The molecule has 0 radical (unpaired) electrons. The van der Waals surface area contributed by atoms with Gasteiger partial charge in [0.2, 0.25) is 11.8 Å². The fraction of sp³-hybridized carbons (Fsp3) is 0.286. The van der Waals surface area contributed by atoms with Gasteiger partial charge in [-0.1, -0.05) is 36.4 Å². The van der Waals surface area contributed by atoms with Crippen molar-refractivity contribution in [2.24, 2.45) is 5.73 Å². The van der Waals surface area contributed by atoms with Crippen molar-refractivity contribution in [3.8, 4) is 0 Å². The number of ether oxygens (including phenoxy) is 1. The van der Waals surface area contributed by atoms with Gasteiger partial charge in [0.05, 0.1) is 6.61 Å². The van der Waals surface area contributed by atoms with E-state index < -0.39 is 5.91 Å². The molecule has 0 aromatic heterocycles. The Morgan fingerprint density at radius 1 is 0.926 bits per heavy atom. The molecule has 0 saturated carbocycles. The van der Waals surface area contributed by atoms with Gasteiger partial charge in [0.25, 0.3) is 0 Å². The van der Waals surface area contributed by atoms with E-state index in [1.165, 1.54) is 11.6 Å². The van der Waals surface area contributed by atoms with Gasteiger partial charge in [-0.15, -0.1) is 0 Å². The lowest BCUT2D eigenvalue weighted by atomic mass is 10.1. The second-order valence-electron chi connectivity index (χ2n) is 6.16. The molecule has 6 nitrogen and oxygen atoms in total. The molecule has 142 valence electrons. The third-order valence-corrected chi connectivity index (χ3v) is 3.93. The van der Waals surface area contributed by atoms with Crippen molar-refractivity contribution in [1.29, 1.82) is 0 Å². The predicted molar refractivity (Wildman–Crippen MR) is 103 cm³/mol. The van der Waals surface area contributed by atoms with Crippen LogP contribution in [0.5, 0.6) is 0 Å². The molecule has 0 aliphatic rings. The van der Waals surface area contributed by atoms with Crippen LogP contribution in [0.1, 0.15) is 41.6 Å². The molecule has 2 amide bonds. The van der Waals surface area contributed by atoms with Crippen LogP contribution in [0.15, 0.2) is 54.6 Å². The number of carbonyl (C=O) groups excluding carboxylic acids is 3. The van der Waals surface area contributed by atoms with Crippen LogP contribution in [-0.4, -0.2) is 24.4 Å². The van der Waals surface area contributed by atoms with E-state index in [2.05, 4.69) is 5.32 Å². The first-order valence-electron chi connectivity index (χ1n) is 8.94. The van der Waals surface area contributed by atoms with Crippen molar-refractivity contribution in [2.75, 3.05) is 11.9 Å². The number of benzene rings is 2. The summed E-state index contributed by atoms with van der Waals surface area (Å²) in [6.07, 6.45) is 2.42. The fourth-order valence-electron chi connectivity index (χ4n) is 2.55. The summed E-state index contributed by atoms with van der Waals surface area (Å²) in [6.45, 7) is 0.375. The Kier molecular flexibility index (Phi) is 8.03. The number of nitrogens with one attached hydrogen (secondary N) is 1. The highest BCUT2D eigenvalue weighted by atomic mass is 16.5. The summed E-state index contributed by atoms with van der Waals surface area (Å²) < 4.78 is 5.18. The van der Waals surface area contributed by atoms with Crippen LogP contribution in [0, 0.1) is 0 Å². The van der Waals surface area contributed by atoms with Crippen molar-refractivity contribution in [1.82, 2.24) is 0 Å². The van der Waals surface area contributed by atoms with Crippen molar-refractivity contribution >= 4 is 23.5 Å². The predicted octanol–water partition coefficient (Wildman–Crippen LogP) is 3.07. The van der Waals surface area contributed by atoms with Crippen LogP contribution >= 0.6 is 0 Å². The molecule has 0 atom stereocenters. The number of hydrogen-bond acceptors (Lipinski definition) is 4. The average molecular weight is 368 g/mol. The molecule has 0 unspecified atom stereocenters. The number of amides is 2. The van der Waals surface area contributed by atoms with Gasteiger partial charge in [0.15, 0.2) is 0 Å². The highest BCUT2D eigenvalue weighted by Crippen LogP contribution is 2.11. The molecule has 27 heavy (non-hydrogen) atoms. The maximum Gasteiger partial charge on any atom is 0.305 e. The maximum absolute atomic E-state index is 11.9. The molecular formula is C21H24N2O4. The zero-order chi connectivity index (χ0) is 19.5. The molecule has 2 rings (SSSR count). The van der Waals surface area contributed by atoms with E-state index in [1.54, 1.807) is 18.2 Å². The van der Waals surface area contributed by atoms with Crippen LogP contribution in [-0.2, 0) is 20.7 Å². The molecule has 0 aliphatic carbocycles. The Morgan fingerprint density at radius 2 is 1.70 bits per heavy atom. The van der Waals surface area contributed by atoms with E-state index in [1.807, 2.05) is 30.3 Å². The summed E-state index contributed by atoms with van der Waals surface area (Å²) in [5.74, 6) is -1.08. The molecule has 2 aromatic carbocycles. The Labute approximate surface area is 158 Å². The highest BCUT2D eigenvalue weighted by molar-refractivity contribution is 5.96. The summed E-state index contributed by atoms with van der Waals surface area (Å²) in [4.78, 5) is 34.8. The summed E-state index contributed by atoms with van der Waals surface area (Å²) in [6, 6.07) is 16.4. The molecular weight excluding hydrogens is 344 g/mol. The monoisotopic (exact) mass is 368 g/mol. The topological polar surface area (TPSA) is 98.5 Å². The van der Waals surface area contributed by atoms with Gasteiger partial charge in [-0.3, -0.25) is 14.4 Å². The van der Waals surface area contributed by atoms with Gasteiger partial charge in [-0.25, -0.2) is 0 Å². The minimum absolute atomic E-state index is 0.194. The first-order chi connectivity index (χ1) is 13.0. The lowest BCUT2D eigenvalue weighted by molar-refractivity contribution is -0.143. The molecule has 0 fully saturated rings. The number of hydrogen-bond donors (Lipinski definition) is 2. The standard InChI is InChI=1S/C21H24N2O4/c22-21(26)17-10-4-11-18(15-17)23-19(24)12-5-13-20(25)27-14-6-9-16-7-2-1-3-8-16/h1-4,7-8,10-11,15H,5-6,9,12-14H2,(H2,22,26)(H,23,24). The van der Waals surface area contributed by atoms with E-state index in [0.717, 1.165) is 12.8 Å². The smallest absolute Gasteiger partial charge is 0.305 e. The van der Waals surface area contributed by atoms with E-state index >= 15 is 0 Å². The second kappa shape index (κ2) is 10.8. The molecule has 3 N–H and O–H groups in total. The molecule has 6 heteroatoms. The third-order valence-electron chi connectivity index (χ3n) is 3.93. The number of esters is 1. The van der Waals surface area contributed by atoms with Gasteiger partial charge in [0, 0.05) is 24.1 Å². The minimum Gasteiger partial charge on any atom is -0.466 e.